The van der Waals surface area contributed by atoms with E-state index in [0.717, 1.165) is 50.9 Å². The first-order valence-electron chi connectivity index (χ1n) is 9.10. The number of unbranched alkanes of at least 4 members (excludes halogenated alkanes) is 1. The quantitative estimate of drug-likeness (QED) is 0.840. The second-order valence-corrected chi connectivity index (χ2v) is 6.67. The van der Waals surface area contributed by atoms with E-state index in [9.17, 15) is 4.79 Å². The van der Waals surface area contributed by atoms with Crippen LogP contribution in [0.2, 0.25) is 0 Å². The minimum Gasteiger partial charge on any atom is -0.339 e. The summed E-state index contributed by atoms with van der Waals surface area (Å²) in [6, 6.07) is 8.14. The van der Waals surface area contributed by atoms with Crippen molar-refractivity contribution in [2.75, 3.05) is 19.6 Å². The summed E-state index contributed by atoms with van der Waals surface area (Å²) in [5.41, 5.74) is 2.17. The van der Waals surface area contributed by atoms with Gasteiger partial charge in [-0.3, -0.25) is 0 Å². The highest BCUT2D eigenvalue weighted by Crippen LogP contribution is 2.28. The van der Waals surface area contributed by atoms with Gasteiger partial charge in [-0.1, -0.05) is 48.3 Å². The summed E-state index contributed by atoms with van der Waals surface area (Å²) < 4.78 is 5.48. The highest BCUT2D eigenvalue weighted by Gasteiger charge is 2.27. The molecule has 0 unspecified atom stereocenters. The molecule has 1 aliphatic heterocycles. The van der Waals surface area contributed by atoms with Crippen LogP contribution in [0.1, 0.15) is 50.0 Å². The molecule has 6 nitrogen and oxygen atoms in total. The average molecular weight is 342 g/mol. The molecular weight excluding hydrogens is 316 g/mol. The number of hydrogen-bond donors (Lipinski definition) is 1. The van der Waals surface area contributed by atoms with E-state index < -0.39 is 0 Å². The monoisotopic (exact) mass is 342 g/mol. The number of aromatic nitrogens is 2. The van der Waals surface area contributed by atoms with Crippen molar-refractivity contribution in [1.29, 1.82) is 0 Å². The second-order valence-electron chi connectivity index (χ2n) is 6.67. The number of nitrogens with zero attached hydrogens (tertiary/aromatic N) is 3. The fourth-order valence-electron chi connectivity index (χ4n) is 3.03. The number of amides is 2. The molecule has 2 aromatic rings. The zero-order chi connectivity index (χ0) is 17.6. The lowest BCUT2D eigenvalue weighted by Crippen LogP contribution is -2.44. The van der Waals surface area contributed by atoms with Gasteiger partial charge in [0.15, 0.2) is 0 Å². The van der Waals surface area contributed by atoms with Crippen LogP contribution in [-0.2, 0) is 0 Å². The number of likely N-dealkylation sites (tertiary alicyclic amines) is 1. The maximum atomic E-state index is 12.1. The summed E-state index contributed by atoms with van der Waals surface area (Å²) in [6.07, 6.45) is 3.82. The average Bonchev–Trinajstić information content (AvgIpc) is 3.13. The summed E-state index contributed by atoms with van der Waals surface area (Å²) in [5.74, 6) is 1.54. The van der Waals surface area contributed by atoms with E-state index >= 15 is 0 Å². The molecule has 2 amide bonds. The third-order valence-corrected chi connectivity index (χ3v) is 4.69. The summed E-state index contributed by atoms with van der Waals surface area (Å²) in [6.45, 7) is 6.37. The number of benzene rings is 1. The molecule has 1 N–H and O–H groups in total. The van der Waals surface area contributed by atoms with Crippen LogP contribution in [0.25, 0.3) is 11.4 Å². The Labute approximate surface area is 148 Å². The lowest BCUT2D eigenvalue weighted by Gasteiger charge is -2.30. The highest BCUT2D eigenvalue weighted by atomic mass is 16.5. The Hall–Kier alpha value is -2.37. The van der Waals surface area contributed by atoms with Gasteiger partial charge in [0.2, 0.25) is 11.7 Å². The molecule has 1 aromatic heterocycles. The first-order valence-corrected chi connectivity index (χ1v) is 9.10. The summed E-state index contributed by atoms with van der Waals surface area (Å²) in [7, 11) is 0. The molecule has 2 heterocycles. The Morgan fingerprint density at radius 2 is 2.00 bits per heavy atom. The van der Waals surface area contributed by atoms with Crippen molar-refractivity contribution in [3.05, 3.63) is 35.7 Å². The maximum absolute atomic E-state index is 12.1. The predicted molar refractivity (Wildman–Crippen MR) is 96.3 cm³/mol. The van der Waals surface area contributed by atoms with E-state index in [4.69, 9.17) is 4.52 Å². The molecule has 1 aliphatic rings. The molecule has 134 valence electrons. The number of nitrogens with one attached hydrogen (secondary N) is 1. The van der Waals surface area contributed by atoms with E-state index in [2.05, 4.69) is 29.3 Å². The number of hydrogen-bond acceptors (Lipinski definition) is 4. The van der Waals surface area contributed by atoms with Crippen LogP contribution in [0.5, 0.6) is 0 Å². The molecule has 0 atom stereocenters. The smallest absolute Gasteiger partial charge is 0.317 e. The van der Waals surface area contributed by atoms with Crippen LogP contribution >= 0.6 is 0 Å². The van der Waals surface area contributed by atoms with Gasteiger partial charge < -0.3 is 14.7 Å². The van der Waals surface area contributed by atoms with Crippen LogP contribution in [0.3, 0.4) is 0 Å². The van der Waals surface area contributed by atoms with Gasteiger partial charge in [-0.25, -0.2) is 4.79 Å². The zero-order valence-corrected chi connectivity index (χ0v) is 15.0. The summed E-state index contributed by atoms with van der Waals surface area (Å²) >= 11 is 0. The third-order valence-electron chi connectivity index (χ3n) is 4.69. The first kappa shape index (κ1) is 17.5. The summed E-state index contributed by atoms with van der Waals surface area (Å²) in [5, 5.41) is 7.09. The number of carbonyl (C=O) groups is 1. The number of piperidine rings is 1. The van der Waals surface area contributed by atoms with Crippen molar-refractivity contribution in [3.63, 3.8) is 0 Å². The van der Waals surface area contributed by atoms with Gasteiger partial charge in [-0.2, -0.15) is 4.98 Å². The standard InChI is InChI=1S/C19H26N4O2/c1-3-4-11-20-19(24)23-12-9-16(10-13-23)18-21-17(22-25-18)15-7-5-14(2)6-8-15/h5-8,16H,3-4,9-13H2,1-2H3,(H,20,24). The first-order chi connectivity index (χ1) is 12.2. The van der Waals surface area contributed by atoms with Crippen molar-refractivity contribution in [2.45, 2.75) is 45.4 Å². The van der Waals surface area contributed by atoms with Crippen molar-refractivity contribution in [2.24, 2.45) is 0 Å². The van der Waals surface area contributed by atoms with E-state index in [-0.39, 0.29) is 11.9 Å². The van der Waals surface area contributed by atoms with Crippen LogP contribution in [0.15, 0.2) is 28.8 Å². The number of rotatable bonds is 5. The van der Waals surface area contributed by atoms with Crippen LogP contribution in [-0.4, -0.2) is 40.7 Å². The van der Waals surface area contributed by atoms with Gasteiger partial charge in [-0.15, -0.1) is 0 Å². The van der Waals surface area contributed by atoms with Crippen LogP contribution in [0.4, 0.5) is 4.79 Å². The topological polar surface area (TPSA) is 71.3 Å². The van der Waals surface area contributed by atoms with Gasteiger partial charge in [0.25, 0.3) is 0 Å². The molecule has 0 aliphatic carbocycles. The molecule has 1 aromatic carbocycles. The van der Waals surface area contributed by atoms with Gasteiger partial charge in [-0.05, 0) is 26.2 Å². The molecule has 6 heteroatoms. The minimum atomic E-state index is 0.0396. The molecule has 1 saturated heterocycles. The Morgan fingerprint density at radius 1 is 1.28 bits per heavy atom. The van der Waals surface area contributed by atoms with Crippen molar-refractivity contribution in [3.8, 4) is 11.4 Å². The molecule has 3 rings (SSSR count). The fourth-order valence-corrected chi connectivity index (χ4v) is 3.03. The van der Waals surface area contributed by atoms with Crippen LogP contribution in [0, 0.1) is 6.92 Å². The number of urea groups is 1. The summed E-state index contributed by atoms with van der Waals surface area (Å²) in [4.78, 5) is 18.5. The predicted octanol–water partition coefficient (Wildman–Crippen LogP) is 3.73. The fraction of sp³-hybridized carbons (Fsp3) is 0.526. The van der Waals surface area contributed by atoms with Crippen molar-refractivity contribution < 1.29 is 9.32 Å². The van der Waals surface area contributed by atoms with E-state index in [1.165, 1.54) is 5.56 Å². The molecule has 0 bridgehead atoms. The Kier molecular flexibility index (Phi) is 5.68. The third kappa shape index (κ3) is 4.38. The minimum absolute atomic E-state index is 0.0396. The van der Waals surface area contributed by atoms with Gasteiger partial charge in [0, 0.05) is 31.1 Å². The second kappa shape index (κ2) is 8.14. The van der Waals surface area contributed by atoms with E-state index in [0.29, 0.717) is 11.7 Å². The highest BCUT2D eigenvalue weighted by molar-refractivity contribution is 5.74. The van der Waals surface area contributed by atoms with Gasteiger partial charge in [0.05, 0.1) is 0 Å². The van der Waals surface area contributed by atoms with Gasteiger partial charge in [0.1, 0.15) is 0 Å². The lowest BCUT2D eigenvalue weighted by molar-refractivity contribution is 0.175. The number of aryl methyl sites for hydroxylation is 1. The van der Waals surface area contributed by atoms with Crippen LogP contribution < -0.4 is 5.32 Å². The van der Waals surface area contributed by atoms with E-state index in [1.807, 2.05) is 29.2 Å². The Morgan fingerprint density at radius 3 is 2.68 bits per heavy atom. The normalized spacial score (nSPS) is 15.4. The van der Waals surface area contributed by atoms with Crippen molar-refractivity contribution in [1.82, 2.24) is 20.4 Å². The number of carbonyl (C=O) groups excluding carboxylic acids is 1. The zero-order valence-electron chi connectivity index (χ0n) is 15.0. The van der Waals surface area contributed by atoms with Crippen molar-refractivity contribution >= 4 is 6.03 Å². The molecule has 1 fully saturated rings. The molecular formula is C19H26N4O2. The lowest BCUT2D eigenvalue weighted by atomic mass is 9.97. The maximum Gasteiger partial charge on any atom is 0.317 e. The Bertz CT molecular complexity index is 688. The molecule has 0 radical (unpaired) electrons. The Balaban J connectivity index is 1.55. The van der Waals surface area contributed by atoms with Gasteiger partial charge >= 0.3 is 6.03 Å². The van der Waals surface area contributed by atoms with E-state index in [1.54, 1.807) is 0 Å². The molecule has 25 heavy (non-hydrogen) atoms. The molecule has 0 spiro atoms. The largest absolute Gasteiger partial charge is 0.339 e. The molecule has 0 saturated carbocycles. The SMILES string of the molecule is CCCCNC(=O)N1CCC(c2nc(-c3ccc(C)cc3)no2)CC1.